The van der Waals surface area contributed by atoms with Gasteiger partial charge in [0.2, 0.25) is 0 Å². The summed E-state index contributed by atoms with van der Waals surface area (Å²) in [6, 6.07) is 0. The number of hydrogen-bond acceptors (Lipinski definition) is 7. The summed E-state index contributed by atoms with van der Waals surface area (Å²) in [5.41, 5.74) is 0. The summed E-state index contributed by atoms with van der Waals surface area (Å²) in [5.74, 6) is -0.810. The normalized spacial score (nSPS) is 14.1. The van der Waals surface area contributed by atoms with E-state index in [4.69, 9.17) is 18.5 Å². The summed E-state index contributed by atoms with van der Waals surface area (Å²) in [6.07, 6.45) is 89.7. The predicted octanol–water partition coefficient (Wildman–Crippen LogP) is 21.3. The molecule has 0 heterocycles. The van der Waals surface area contributed by atoms with Crippen molar-refractivity contribution in [2.75, 3.05) is 47.5 Å². The second kappa shape index (κ2) is 61.7. The number of allylic oxidation sites excluding steroid dienone is 22. The number of rotatable bonds is 59. The van der Waals surface area contributed by atoms with Crippen molar-refractivity contribution in [1.29, 1.82) is 0 Å². The van der Waals surface area contributed by atoms with Crippen LogP contribution in [0.3, 0.4) is 0 Å². The Labute approximate surface area is 504 Å². The van der Waals surface area contributed by atoms with Crippen molar-refractivity contribution in [3.05, 3.63) is 134 Å². The zero-order valence-corrected chi connectivity index (χ0v) is 54.1. The first-order valence-corrected chi connectivity index (χ1v) is 34.4. The Morgan fingerprint density at radius 2 is 0.695 bits per heavy atom. The van der Waals surface area contributed by atoms with E-state index >= 15 is 0 Å². The monoisotopic (exact) mass is 1160 g/mol. The molecule has 0 rings (SSSR count). The molecule has 2 unspecified atom stereocenters. The van der Waals surface area contributed by atoms with Gasteiger partial charge in [-0.1, -0.05) is 282 Å². The molecular weight excluding hydrogens is 1040 g/mol. The van der Waals surface area contributed by atoms with Gasteiger partial charge in [-0.05, 0) is 96.3 Å². The summed E-state index contributed by atoms with van der Waals surface area (Å²) in [6.45, 7) is 4.31. The highest BCUT2D eigenvalue weighted by molar-refractivity contribution is 7.47. The average molecular weight is 1160 g/mol. The van der Waals surface area contributed by atoms with Gasteiger partial charge in [0, 0.05) is 12.8 Å². The number of phosphoric acid groups is 1. The van der Waals surface area contributed by atoms with Crippen molar-refractivity contribution in [1.82, 2.24) is 0 Å². The number of hydrogen-bond donors (Lipinski definition) is 1. The molecule has 468 valence electrons. The Bertz CT molecular complexity index is 1850. The number of carbonyl (C=O) groups excluding carboxylic acids is 2. The van der Waals surface area contributed by atoms with Crippen LogP contribution in [0, 0.1) is 0 Å². The molecule has 0 spiro atoms. The Balaban J connectivity index is 4.12. The molecule has 0 aliphatic heterocycles. The van der Waals surface area contributed by atoms with Crippen LogP contribution in [0.1, 0.15) is 258 Å². The highest BCUT2D eigenvalue weighted by Crippen LogP contribution is 2.43. The molecule has 0 amide bonds. The van der Waals surface area contributed by atoms with E-state index in [2.05, 4.69) is 148 Å². The molecule has 0 saturated carbocycles. The third-order valence-corrected chi connectivity index (χ3v) is 14.7. The third kappa shape index (κ3) is 65.3. The highest BCUT2D eigenvalue weighted by Gasteiger charge is 2.27. The molecule has 82 heavy (non-hydrogen) atoms. The van der Waals surface area contributed by atoms with Gasteiger partial charge in [0.15, 0.2) is 6.10 Å². The van der Waals surface area contributed by atoms with Crippen molar-refractivity contribution in [3.8, 4) is 0 Å². The molecule has 1 N–H and O–H groups in total. The lowest BCUT2D eigenvalue weighted by molar-refractivity contribution is -0.870. The van der Waals surface area contributed by atoms with Gasteiger partial charge in [0.05, 0.1) is 27.7 Å². The largest absolute Gasteiger partial charge is 0.472 e. The average Bonchev–Trinajstić information content (AvgIpc) is 3.45. The lowest BCUT2D eigenvalue weighted by Gasteiger charge is -2.24. The SMILES string of the molecule is CC/C=C\C/C=C\C/C=C\C/C=C\C/C=C\C/C=C\C/C=C\C/C=C\C/C=C\C/C=C\C/C=C\CCCCCCCCCC(=O)OC(COC(=O)CCCCCCCCCCCCCCCCCCC)COP(=O)(O)OCC[N+](C)(C)C. The number of likely N-dealkylation sites (N-methyl/N-ethyl adjacent to an activating group) is 1. The van der Waals surface area contributed by atoms with Crippen LogP contribution in [0.15, 0.2) is 134 Å². The zero-order valence-electron chi connectivity index (χ0n) is 53.2. The van der Waals surface area contributed by atoms with Crippen LogP contribution in [0.4, 0.5) is 0 Å². The van der Waals surface area contributed by atoms with E-state index in [9.17, 15) is 19.0 Å². The predicted molar refractivity (Wildman–Crippen MR) is 353 cm³/mol. The van der Waals surface area contributed by atoms with Crippen molar-refractivity contribution >= 4 is 19.8 Å². The minimum absolute atomic E-state index is 0.0247. The summed E-state index contributed by atoms with van der Waals surface area (Å²) in [5, 5.41) is 0. The number of esters is 2. The quantitative estimate of drug-likeness (QED) is 0.0211. The summed E-state index contributed by atoms with van der Waals surface area (Å²) in [4.78, 5) is 35.7. The minimum Gasteiger partial charge on any atom is -0.462 e. The molecule has 0 aliphatic carbocycles. The maximum absolute atomic E-state index is 12.8. The highest BCUT2D eigenvalue weighted by atomic mass is 31.2. The van der Waals surface area contributed by atoms with Gasteiger partial charge in [0.1, 0.15) is 19.8 Å². The number of quaternary nitrogens is 1. The lowest BCUT2D eigenvalue weighted by Crippen LogP contribution is -2.37. The van der Waals surface area contributed by atoms with Crippen LogP contribution in [-0.4, -0.2) is 74.9 Å². The van der Waals surface area contributed by atoms with Crippen molar-refractivity contribution < 1.29 is 42.1 Å². The van der Waals surface area contributed by atoms with E-state index in [0.29, 0.717) is 17.4 Å². The van der Waals surface area contributed by atoms with Gasteiger partial charge in [-0.2, -0.15) is 0 Å². The molecule has 10 heteroatoms. The number of unbranched alkanes of at least 4 members (excludes halogenated alkanes) is 23. The van der Waals surface area contributed by atoms with Crippen LogP contribution in [0.25, 0.3) is 0 Å². The molecule has 0 aliphatic rings. The van der Waals surface area contributed by atoms with Crippen molar-refractivity contribution in [2.24, 2.45) is 0 Å². The number of carbonyl (C=O) groups is 2. The molecule has 0 fully saturated rings. The summed E-state index contributed by atoms with van der Waals surface area (Å²) >= 11 is 0. The van der Waals surface area contributed by atoms with E-state index in [0.717, 1.165) is 116 Å². The number of phosphoric ester groups is 1. The van der Waals surface area contributed by atoms with Crippen LogP contribution >= 0.6 is 7.82 Å². The van der Waals surface area contributed by atoms with Crippen LogP contribution < -0.4 is 0 Å². The molecule has 0 bridgehead atoms. The first-order valence-electron chi connectivity index (χ1n) is 32.9. The van der Waals surface area contributed by atoms with E-state index in [1.165, 1.54) is 109 Å². The number of nitrogens with zero attached hydrogens (tertiary/aromatic N) is 1. The lowest BCUT2D eigenvalue weighted by atomic mass is 10.0. The topological polar surface area (TPSA) is 108 Å². The van der Waals surface area contributed by atoms with Crippen LogP contribution in [0.5, 0.6) is 0 Å². The van der Waals surface area contributed by atoms with Gasteiger partial charge in [-0.25, -0.2) is 4.57 Å². The third-order valence-electron chi connectivity index (χ3n) is 13.7. The van der Waals surface area contributed by atoms with E-state index in [1.807, 2.05) is 21.1 Å². The molecule has 0 aromatic heterocycles. The molecule has 2 atom stereocenters. The maximum Gasteiger partial charge on any atom is 0.472 e. The van der Waals surface area contributed by atoms with Crippen molar-refractivity contribution in [2.45, 2.75) is 264 Å². The van der Waals surface area contributed by atoms with Gasteiger partial charge in [0.25, 0.3) is 0 Å². The second-order valence-corrected chi connectivity index (χ2v) is 24.2. The Morgan fingerprint density at radius 3 is 1.04 bits per heavy atom. The fourth-order valence-electron chi connectivity index (χ4n) is 8.67. The molecule has 0 aromatic rings. The van der Waals surface area contributed by atoms with Crippen molar-refractivity contribution in [3.63, 3.8) is 0 Å². The van der Waals surface area contributed by atoms with Crippen LogP contribution in [-0.2, 0) is 32.7 Å². The fourth-order valence-corrected chi connectivity index (χ4v) is 9.41. The Morgan fingerprint density at radius 1 is 0.390 bits per heavy atom. The van der Waals surface area contributed by atoms with Gasteiger partial charge < -0.3 is 18.9 Å². The van der Waals surface area contributed by atoms with Gasteiger partial charge >= 0.3 is 19.8 Å². The van der Waals surface area contributed by atoms with E-state index < -0.39 is 26.5 Å². The maximum atomic E-state index is 12.8. The zero-order chi connectivity index (χ0) is 59.8. The van der Waals surface area contributed by atoms with Crippen LogP contribution in [0.2, 0.25) is 0 Å². The molecule has 0 radical (unpaired) electrons. The molecular formula is C72H123NO8P+. The molecule has 0 saturated heterocycles. The standard InChI is InChI=1S/C72H122NO8P/c1-6-8-10-12-14-16-18-20-22-24-25-26-27-28-29-30-31-32-33-34-35-36-37-38-39-40-41-42-43-44-45-46-47-49-51-53-55-57-59-61-63-65-72(75)81-70(69-80-82(76,77)79-67-66-73(3,4)5)68-78-71(74)64-62-60-58-56-54-52-50-48-23-21-19-17-15-13-11-9-7-2/h8,10,14,16,20,22,25-26,28-29,31-32,34-35,37-38,40-41,43-44,46-47,70H,6-7,9,11-13,15,17-19,21,23-24,27,30,33,36,39,42,45,48-69H2,1-5H3/p+1/b10-8-,16-14-,22-20-,26-25-,29-28-,32-31-,35-34-,38-37-,41-40-,44-43-,47-46-. The first kappa shape index (κ1) is 78.1. The number of ether oxygens (including phenoxy) is 2. The Hall–Kier alpha value is -3.85. The molecule has 9 nitrogen and oxygen atoms in total. The molecule has 0 aromatic carbocycles. The first-order chi connectivity index (χ1) is 40.0. The summed E-state index contributed by atoms with van der Waals surface area (Å²) < 4.78 is 34.6. The van der Waals surface area contributed by atoms with Gasteiger partial charge in [-0.15, -0.1) is 0 Å². The van der Waals surface area contributed by atoms with Gasteiger partial charge in [-0.3, -0.25) is 18.6 Å². The van der Waals surface area contributed by atoms with E-state index in [-0.39, 0.29) is 32.0 Å². The minimum atomic E-state index is -4.40. The Kier molecular flexibility index (Phi) is 58.8. The second-order valence-electron chi connectivity index (χ2n) is 22.8. The van der Waals surface area contributed by atoms with E-state index in [1.54, 1.807) is 0 Å². The summed E-state index contributed by atoms with van der Waals surface area (Å²) in [7, 11) is 1.46. The fraction of sp³-hybridized carbons (Fsp3) is 0.667. The smallest absolute Gasteiger partial charge is 0.462 e.